The lowest BCUT2D eigenvalue weighted by molar-refractivity contribution is 1.19. The number of para-hydroxylation sites is 2. The second kappa shape index (κ2) is 10.3. The van der Waals surface area contributed by atoms with Gasteiger partial charge in [0.25, 0.3) is 0 Å². The molecule has 3 nitrogen and oxygen atoms in total. The van der Waals surface area contributed by atoms with Gasteiger partial charge in [-0.2, -0.15) is 0 Å². The quantitative estimate of drug-likeness (QED) is 0.111. The van der Waals surface area contributed by atoms with E-state index in [9.17, 15) is 0 Å². The van der Waals surface area contributed by atoms with Crippen LogP contribution in [0, 0.1) is 0 Å². The van der Waals surface area contributed by atoms with Crippen molar-refractivity contribution in [3.63, 3.8) is 0 Å². The predicted molar refractivity (Wildman–Crippen MR) is 201 cm³/mol. The van der Waals surface area contributed by atoms with Crippen LogP contribution in [0.5, 0.6) is 0 Å². The van der Waals surface area contributed by atoms with Gasteiger partial charge in [0, 0.05) is 27.2 Å². The molecule has 47 heavy (non-hydrogen) atoms. The summed E-state index contributed by atoms with van der Waals surface area (Å²) >= 11 is 0. The maximum absolute atomic E-state index is 5.51. The zero-order valence-corrected chi connectivity index (χ0v) is 26.7. The summed E-state index contributed by atoms with van der Waals surface area (Å²) in [7, 11) is -1.73. The third-order valence-electron chi connectivity index (χ3n) is 9.79. The Morgan fingerprint density at radius 1 is 0.404 bits per heavy atom. The third-order valence-corrected chi connectivity index (χ3v) is 12.9. The molecule has 0 fully saturated rings. The molecule has 3 heterocycles. The normalized spacial score (nSPS) is 12.0. The lowest BCUT2D eigenvalue weighted by Crippen LogP contribution is -2.51. The first-order chi connectivity index (χ1) is 23.3. The first-order valence-electron chi connectivity index (χ1n) is 16.2. The molecule has 0 radical (unpaired) electrons. The summed E-state index contributed by atoms with van der Waals surface area (Å²) in [5.74, 6) is 0. The summed E-state index contributed by atoms with van der Waals surface area (Å²) < 4.78 is 4.81. The standard InChI is InChI=1S/C43H29N3Si/c1-3-15-30(16-4-1)47(31-17-5-2-6-18-31)32-19-13-14-29(28-32)45-38-24-11-10-22-35(38)36-26-27-40-41(42(36)45)44-43-37-23-8-7-20-33(37)34-21-9-12-25-39(34)46(40)43/h1-28,47H. The monoisotopic (exact) mass is 615 g/mol. The third kappa shape index (κ3) is 3.89. The minimum absolute atomic E-state index is 0.994. The molecular formula is C43H29N3Si. The van der Waals surface area contributed by atoms with Crippen LogP contribution in [0.3, 0.4) is 0 Å². The summed E-state index contributed by atoms with van der Waals surface area (Å²) in [5.41, 5.74) is 7.81. The Morgan fingerprint density at radius 2 is 0.979 bits per heavy atom. The number of benzene rings is 7. The van der Waals surface area contributed by atoms with Crippen LogP contribution in [-0.2, 0) is 0 Å². The van der Waals surface area contributed by atoms with E-state index in [1.54, 1.807) is 0 Å². The Balaban J connectivity index is 1.31. The SMILES string of the molecule is c1ccc([SiH](c2ccccc2)c2cccc(-n3c4ccccc4c4ccc5c(nc6c7ccccc7c7ccccc7n56)c43)c2)cc1. The molecule has 3 aromatic heterocycles. The van der Waals surface area contributed by atoms with Crippen molar-refractivity contribution < 1.29 is 0 Å². The van der Waals surface area contributed by atoms with E-state index in [0.717, 1.165) is 27.9 Å². The number of hydrogen-bond donors (Lipinski definition) is 0. The van der Waals surface area contributed by atoms with Crippen molar-refractivity contribution in [2.45, 2.75) is 0 Å². The number of aromatic nitrogens is 3. The minimum atomic E-state index is -1.73. The molecule has 0 aliphatic carbocycles. The van der Waals surface area contributed by atoms with Crippen molar-refractivity contribution in [3.8, 4) is 5.69 Å². The van der Waals surface area contributed by atoms with Crippen LogP contribution < -0.4 is 15.6 Å². The van der Waals surface area contributed by atoms with Gasteiger partial charge in [-0.25, -0.2) is 4.98 Å². The number of pyridine rings is 1. The summed E-state index contributed by atoms with van der Waals surface area (Å²) in [6, 6.07) is 62.1. The Labute approximate surface area is 273 Å². The number of fused-ring (bicyclic) bond motifs is 12. The minimum Gasteiger partial charge on any atom is -0.307 e. The second-order valence-electron chi connectivity index (χ2n) is 12.4. The summed E-state index contributed by atoms with van der Waals surface area (Å²) in [6.07, 6.45) is 0. The van der Waals surface area contributed by atoms with Gasteiger partial charge in [0.2, 0.25) is 0 Å². The smallest absolute Gasteiger partial charge is 0.146 e. The van der Waals surface area contributed by atoms with Crippen LogP contribution in [0.1, 0.15) is 0 Å². The van der Waals surface area contributed by atoms with Crippen molar-refractivity contribution in [1.29, 1.82) is 0 Å². The molecule has 0 N–H and O–H groups in total. The molecule has 0 saturated carbocycles. The van der Waals surface area contributed by atoms with Gasteiger partial charge in [0.1, 0.15) is 20.0 Å². The van der Waals surface area contributed by atoms with E-state index >= 15 is 0 Å². The van der Waals surface area contributed by atoms with Crippen LogP contribution in [0.4, 0.5) is 0 Å². The molecular weight excluding hydrogens is 587 g/mol. The molecule has 10 rings (SSSR count). The maximum atomic E-state index is 5.51. The number of nitrogens with zero attached hydrogens (tertiary/aromatic N) is 3. The van der Waals surface area contributed by atoms with Crippen molar-refractivity contribution in [3.05, 3.63) is 170 Å². The summed E-state index contributed by atoms with van der Waals surface area (Å²) in [4.78, 5) is 5.51. The molecule has 0 saturated heterocycles. The van der Waals surface area contributed by atoms with Gasteiger partial charge >= 0.3 is 0 Å². The fourth-order valence-corrected chi connectivity index (χ4v) is 10.8. The molecule has 0 spiro atoms. The molecule has 0 aliphatic heterocycles. The van der Waals surface area contributed by atoms with Gasteiger partial charge in [-0.15, -0.1) is 0 Å². The fourth-order valence-electron chi connectivity index (χ4n) is 7.80. The molecule has 0 unspecified atom stereocenters. The van der Waals surface area contributed by atoms with E-state index in [1.807, 2.05) is 0 Å². The van der Waals surface area contributed by atoms with E-state index < -0.39 is 8.80 Å². The van der Waals surface area contributed by atoms with Crippen molar-refractivity contribution in [2.24, 2.45) is 0 Å². The molecule has 220 valence electrons. The number of imidazole rings is 1. The van der Waals surface area contributed by atoms with Gasteiger partial charge in [0.05, 0.1) is 22.1 Å². The largest absolute Gasteiger partial charge is 0.307 e. The Hall–Kier alpha value is -5.97. The van der Waals surface area contributed by atoms with Crippen LogP contribution >= 0.6 is 0 Å². The average Bonchev–Trinajstić information content (AvgIpc) is 3.70. The van der Waals surface area contributed by atoms with Crippen molar-refractivity contribution in [2.75, 3.05) is 0 Å². The zero-order valence-electron chi connectivity index (χ0n) is 25.6. The zero-order chi connectivity index (χ0) is 30.9. The highest BCUT2D eigenvalue weighted by molar-refractivity contribution is 6.95. The molecule has 4 heteroatoms. The van der Waals surface area contributed by atoms with Gasteiger partial charge in [-0.3, -0.25) is 4.40 Å². The first-order valence-corrected chi connectivity index (χ1v) is 17.9. The van der Waals surface area contributed by atoms with Crippen LogP contribution in [0.2, 0.25) is 0 Å². The lowest BCUT2D eigenvalue weighted by Gasteiger charge is -2.19. The highest BCUT2D eigenvalue weighted by Gasteiger charge is 2.23. The maximum Gasteiger partial charge on any atom is 0.146 e. The molecule has 7 aromatic carbocycles. The average molecular weight is 616 g/mol. The number of hydrogen-bond acceptors (Lipinski definition) is 1. The molecule has 0 atom stereocenters. The van der Waals surface area contributed by atoms with Gasteiger partial charge in [0.15, 0.2) is 0 Å². The second-order valence-corrected chi connectivity index (χ2v) is 15.2. The van der Waals surface area contributed by atoms with Gasteiger partial charge in [-0.1, -0.05) is 149 Å². The Bertz CT molecular complexity index is 2760. The summed E-state index contributed by atoms with van der Waals surface area (Å²) in [6.45, 7) is 0. The van der Waals surface area contributed by atoms with E-state index in [-0.39, 0.29) is 0 Å². The van der Waals surface area contributed by atoms with Crippen molar-refractivity contribution in [1.82, 2.24) is 14.0 Å². The highest BCUT2D eigenvalue weighted by Crippen LogP contribution is 2.39. The molecule has 0 aliphatic rings. The van der Waals surface area contributed by atoms with Crippen molar-refractivity contribution >= 4 is 84.5 Å². The summed E-state index contributed by atoms with van der Waals surface area (Å²) in [5, 5.41) is 10.3. The van der Waals surface area contributed by atoms with E-state index in [1.165, 1.54) is 53.5 Å². The van der Waals surface area contributed by atoms with Crippen LogP contribution in [0.25, 0.3) is 65.8 Å². The van der Waals surface area contributed by atoms with Gasteiger partial charge in [-0.05, 0) is 41.8 Å². The lowest BCUT2D eigenvalue weighted by atomic mass is 10.1. The van der Waals surface area contributed by atoms with Gasteiger partial charge < -0.3 is 4.57 Å². The highest BCUT2D eigenvalue weighted by atomic mass is 28.3. The van der Waals surface area contributed by atoms with E-state index in [2.05, 4.69) is 179 Å². The fraction of sp³-hybridized carbons (Fsp3) is 0. The Morgan fingerprint density at radius 3 is 1.70 bits per heavy atom. The predicted octanol–water partition coefficient (Wildman–Crippen LogP) is 8.14. The Kier molecular flexibility index (Phi) is 5.74. The molecule has 0 bridgehead atoms. The van der Waals surface area contributed by atoms with E-state index in [4.69, 9.17) is 4.98 Å². The topological polar surface area (TPSA) is 22.2 Å². The first kappa shape index (κ1) is 26.3. The van der Waals surface area contributed by atoms with Crippen LogP contribution in [0.15, 0.2) is 170 Å². The molecule has 10 aromatic rings. The number of rotatable bonds is 4. The molecule has 0 amide bonds. The van der Waals surface area contributed by atoms with E-state index in [0.29, 0.717) is 0 Å². The van der Waals surface area contributed by atoms with Crippen LogP contribution in [-0.4, -0.2) is 22.7 Å².